The first-order valence-corrected chi connectivity index (χ1v) is 9.93. The first-order valence-electron chi connectivity index (χ1n) is 8.49. The molecule has 1 aliphatic rings. The van der Waals surface area contributed by atoms with Gasteiger partial charge in [0.25, 0.3) is 10.0 Å². The molecule has 1 aliphatic heterocycles. The normalized spacial score (nSPS) is 20.5. The predicted octanol–water partition coefficient (Wildman–Crippen LogP) is 2.03. The van der Waals surface area contributed by atoms with Gasteiger partial charge in [0.2, 0.25) is 0 Å². The zero-order valence-corrected chi connectivity index (χ0v) is 15.6. The number of imidazole rings is 1. The molecule has 1 fully saturated rings. The van der Waals surface area contributed by atoms with Crippen LogP contribution in [-0.4, -0.2) is 60.4 Å². The Labute approximate surface area is 140 Å². The Hall–Kier alpha value is -0.920. The number of sulfonamides is 1. The van der Waals surface area contributed by atoms with E-state index < -0.39 is 10.0 Å². The maximum Gasteiger partial charge on any atom is 0.261 e. The Bertz CT molecular complexity index is 597. The van der Waals surface area contributed by atoms with Crippen molar-refractivity contribution in [1.82, 2.24) is 18.8 Å². The van der Waals surface area contributed by atoms with Crippen LogP contribution >= 0.6 is 0 Å². The minimum Gasteiger partial charge on any atom is -0.336 e. The summed E-state index contributed by atoms with van der Waals surface area (Å²) >= 11 is 0. The molecule has 1 aromatic rings. The summed E-state index contributed by atoms with van der Waals surface area (Å²) in [7, 11) is 0.294. The van der Waals surface area contributed by atoms with Gasteiger partial charge in [-0.3, -0.25) is 0 Å². The lowest BCUT2D eigenvalue weighted by Gasteiger charge is -2.33. The largest absolute Gasteiger partial charge is 0.336 e. The van der Waals surface area contributed by atoms with Crippen LogP contribution in [0.4, 0.5) is 0 Å². The van der Waals surface area contributed by atoms with Crippen LogP contribution in [0.3, 0.4) is 0 Å². The highest BCUT2D eigenvalue weighted by Gasteiger charge is 2.26. The third-order valence-corrected chi connectivity index (χ3v) is 6.30. The van der Waals surface area contributed by atoms with Gasteiger partial charge in [-0.15, -0.1) is 0 Å². The zero-order chi connectivity index (χ0) is 17.0. The van der Waals surface area contributed by atoms with Gasteiger partial charge >= 0.3 is 0 Å². The van der Waals surface area contributed by atoms with Gasteiger partial charge in [0, 0.05) is 32.4 Å². The summed E-state index contributed by atoms with van der Waals surface area (Å²) in [6.45, 7) is 6.62. The molecular formula is C16H30N4O2S. The van der Waals surface area contributed by atoms with Crippen LogP contribution in [0, 0.1) is 5.92 Å². The van der Waals surface area contributed by atoms with E-state index in [9.17, 15) is 8.42 Å². The SMILES string of the molecule is CC(C)Cn1cnc(S(=O)(=O)N(C)CCC2CCCCN2C)c1. The van der Waals surface area contributed by atoms with Crippen molar-refractivity contribution < 1.29 is 8.42 Å². The number of likely N-dealkylation sites (tertiary alicyclic amines) is 1. The summed E-state index contributed by atoms with van der Waals surface area (Å²) in [6, 6.07) is 0.486. The summed E-state index contributed by atoms with van der Waals surface area (Å²) in [4.78, 5) is 6.44. The van der Waals surface area contributed by atoms with Crippen molar-refractivity contribution in [2.45, 2.75) is 57.1 Å². The lowest BCUT2D eigenvalue weighted by atomic mass is 10.0. The van der Waals surface area contributed by atoms with Gasteiger partial charge in [0.05, 0.1) is 6.33 Å². The monoisotopic (exact) mass is 342 g/mol. The first-order chi connectivity index (χ1) is 10.8. The summed E-state index contributed by atoms with van der Waals surface area (Å²) in [5.74, 6) is 0.458. The summed E-state index contributed by atoms with van der Waals surface area (Å²) in [5, 5.41) is 0.151. The molecule has 0 aromatic carbocycles. The average molecular weight is 343 g/mol. The molecule has 0 amide bonds. The van der Waals surface area contributed by atoms with Crippen molar-refractivity contribution in [3.63, 3.8) is 0 Å². The molecule has 1 saturated heterocycles. The summed E-state index contributed by atoms with van der Waals surface area (Å²) < 4.78 is 28.5. The van der Waals surface area contributed by atoms with Gasteiger partial charge in [-0.1, -0.05) is 20.3 Å². The molecule has 0 radical (unpaired) electrons. The summed E-state index contributed by atoms with van der Waals surface area (Å²) in [5.41, 5.74) is 0. The van der Waals surface area contributed by atoms with Crippen LogP contribution in [0.25, 0.3) is 0 Å². The minimum absolute atomic E-state index is 0.151. The molecule has 1 atom stereocenters. The molecule has 132 valence electrons. The van der Waals surface area contributed by atoms with Crippen LogP contribution in [-0.2, 0) is 16.6 Å². The van der Waals surface area contributed by atoms with Crippen LogP contribution in [0.1, 0.15) is 39.5 Å². The van der Waals surface area contributed by atoms with Crippen molar-refractivity contribution in [3.8, 4) is 0 Å². The number of nitrogens with zero attached hydrogens (tertiary/aromatic N) is 4. The molecule has 6 nitrogen and oxygen atoms in total. The number of rotatable bonds is 7. The molecule has 1 aromatic heterocycles. The highest BCUT2D eigenvalue weighted by molar-refractivity contribution is 7.89. The van der Waals surface area contributed by atoms with Crippen LogP contribution in [0.15, 0.2) is 17.6 Å². The number of aromatic nitrogens is 2. The van der Waals surface area contributed by atoms with Crippen molar-refractivity contribution in [1.29, 1.82) is 0 Å². The van der Waals surface area contributed by atoms with Crippen molar-refractivity contribution in [2.24, 2.45) is 5.92 Å². The van der Waals surface area contributed by atoms with E-state index in [1.54, 1.807) is 19.6 Å². The smallest absolute Gasteiger partial charge is 0.261 e. The maximum atomic E-state index is 12.6. The highest BCUT2D eigenvalue weighted by atomic mass is 32.2. The Balaban J connectivity index is 1.96. The van der Waals surface area contributed by atoms with Crippen LogP contribution < -0.4 is 0 Å². The van der Waals surface area contributed by atoms with Crippen LogP contribution in [0.5, 0.6) is 0 Å². The quantitative estimate of drug-likeness (QED) is 0.761. The molecule has 0 N–H and O–H groups in total. The molecule has 0 saturated carbocycles. The number of hydrogen-bond donors (Lipinski definition) is 0. The van der Waals surface area contributed by atoms with E-state index >= 15 is 0 Å². The van der Waals surface area contributed by atoms with E-state index in [4.69, 9.17) is 0 Å². The molecule has 0 spiro atoms. The van der Waals surface area contributed by atoms with Crippen LogP contribution in [0.2, 0.25) is 0 Å². The van der Waals surface area contributed by atoms with E-state index in [2.05, 4.69) is 30.8 Å². The van der Waals surface area contributed by atoms with Gasteiger partial charge in [-0.05, 0) is 38.8 Å². The second-order valence-electron chi connectivity index (χ2n) is 7.05. The molecule has 1 unspecified atom stereocenters. The predicted molar refractivity (Wildman–Crippen MR) is 91.8 cm³/mol. The lowest BCUT2D eigenvalue weighted by molar-refractivity contribution is 0.170. The molecule has 23 heavy (non-hydrogen) atoms. The fourth-order valence-electron chi connectivity index (χ4n) is 3.11. The van der Waals surface area contributed by atoms with Gasteiger partial charge in [0.1, 0.15) is 0 Å². The Morgan fingerprint density at radius 1 is 1.39 bits per heavy atom. The Kier molecular flexibility index (Phi) is 6.22. The van der Waals surface area contributed by atoms with Crippen molar-refractivity contribution >= 4 is 10.0 Å². The van der Waals surface area contributed by atoms with E-state index in [0.717, 1.165) is 25.9 Å². The Morgan fingerprint density at radius 3 is 2.78 bits per heavy atom. The molecule has 7 heteroatoms. The zero-order valence-electron chi connectivity index (χ0n) is 14.8. The number of hydrogen-bond acceptors (Lipinski definition) is 4. The maximum absolute atomic E-state index is 12.6. The fraction of sp³-hybridized carbons (Fsp3) is 0.812. The molecule has 0 aliphatic carbocycles. The third kappa shape index (κ3) is 4.78. The van der Waals surface area contributed by atoms with E-state index in [1.807, 2.05) is 4.57 Å². The second-order valence-corrected chi connectivity index (χ2v) is 9.04. The molecule has 2 heterocycles. The average Bonchev–Trinajstić information content (AvgIpc) is 2.94. The molecular weight excluding hydrogens is 312 g/mol. The topological polar surface area (TPSA) is 58.4 Å². The lowest BCUT2D eigenvalue weighted by Crippen LogP contribution is -2.39. The number of piperidine rings is 1. The standard InChI is InChI=1S/C16H30N4O2S/c1-14(2)11-20-12-16(17-13-20)23(21,22)19(4)10-8-15-7-5-6-9-18(15)3/h12-15H,5-11H2,1-4H3. The van der Waals surface area contributed by atoms with Gasteiger partial charge < -0.3 is 9.47 Å². The fourth-order valence-corrected chi connectivity index (χ4v) is 4.23. The van der Waals surface area contributed by atoms with Crippen molar-refractivity contribution in [3.05, 3.63) is 12.5 Å². The third-order valence-electron chi connectivity index (χ3n) is 4.56. The first kappa shape index (κ1) is 18.4. The van der Waals surface area contributed by atoms with Gasteiger partial charge in [0.15, 0.2) is 5.03 Å². The van der Waals surface area contributed by atoms with Gasteiger partial charge in [-0.2, -0.15) is 4.31 Å². The Morgan fingerprint density at radius 2 is 2.13 bits per heavy atom. The molecule has 2 rings (SSSR count). The summed E-state index contributed by atoms with van der Waals surface area (Å²) in [6.07, 6.45) is 7.76. The van der Waals surface area contributed by atoms with Gasteiger partial charge in [-0.25, -0.2) is 13.4 Å². The highest BCUT2D eigenvalue weighted by Crippen LogP contribution is 2.19. The molecule has 0 bridgehead atoms. The van der Waals surface area contributed by atoms with E-state index in [-0.39, 0.29) is 5.03 Å². The van der Waals surface area contributed by atoms with Crippen molar-refractivity contribution in [2.75, 3.05) is 27.2 Å². The second kappa shape index (κ2) is 7.77. The van der Waals surface area contributed by atoms with E-state index in [0.29, 0.717) is 18.5 Å². The van der Waals surface area contributed by atoms with E-state index in [1.165, 1.54) is 17.1 Å². The minimum atomic E-state index is -3.49.